The highest BCUT2D eigenvalue weighted by Gasteiger charge is 2.23. The number of hydrogen-bond acceptors (Lipinski definition) is 2. The summed E-state index contributed by atoms with van der Waals surface area (Å²) in [6.07, 6.45) is 24.8. The Morgan fingerprint density at radius 3 is 1.63 bits per heavy atom. The fourth-order valence-electron chi connectivity index (χ4n) is 4.06. The molecule has 2 aromatic carbocycles. The molecule has 30 heavy (non-hydrogen) atoms. The van der Waals surface area contributed by atoms with E-state index in [1.807, 2.05) is 12.1 Å². The van der Waals surface area contributed by atoms with Crippen molar-refractivity contribution >= 4 is 23.1 Å². The van der Waals surface area contributed by atoms with E-state index < -0.39 is 0 Å². The van der Waals surface area contributed by atoms with Crippen LogP contribution in [0.5, 0.6) is 0 Å². The van der Waals surface area contributed by atoms with Crippen molar-refractivity contribution in [2.45, 2.75) is 80.9 Å². The minimum atomic E-state index is 0.927. The van der Waals surface area contributed by atoms with Crippen molar-refractivity contribution in [2.75, 3.05) is 11.4 Å². The fourth-order valence-corrected chi connectivity index (χ4v) is 5.24. The Kier molecular flexibility index (Phi) is 8.80. The molecule has 156 valence electrons. The first kappa shape index (κ1) is 22.4. The minimum Gasteiger partial charge on any atom is -0.340 e. The van der Waals surface area contributed by atoms with Crippen LogP contribution in [0.3, 0.4) is 0 Å². The zero-order valence-corrected chi connectivity index (χ0v) is 19.1. The first-order valence-electron chi connectivity index (χ1n) is 11.4. The Morgan fingerprint density at radius 2 is 1.17 bits per heavy atom. The van der Waals surface area contributed by atoms with Crippen LogP contribution in [-0.4, -0.2) is 6.54 Å². The monoisotopic (exact) mass is 415 g/mol. The van der Waals surface area contributed by atoms with Crippen LogP contribution in [0.4, 0.5) is 11.4 Å². The van der Waals surface area contributed by atoms with Gasteiger partial charge in [0.15, 0.2) is 0 Å². The Morgan fingerprint density at radius 1 is 0.700 bits per heavy atom. The molecule has 0 aliphatic carbocycles. The Bertz CT molecular complexity index is 852. The lowest BCUT2D eigenvalue weighted by molar-refractivity contribution is 0.557. The lowest BCUT2D eigenvalue weighted by atomic mass is 10.1. The molecule has 2 heteroatoms. The maximum absolute atomic E-state index is 5.63. The number of terminal acetylenes is 2. The SMILES string of the molecule is C#Cc1ccc2c(c1)Sc1cc(C#C)ccc1N2CCCCCCCCCCCC. The van der Waals surface area contributed by atoms with Crippen LogP contribution in [0.1, 0.15) is 82.3 Å². The van der Waals surface area contributed by atoms with Gasteiger partial charge in [-0.15, -0.1) is 12.8 Å². The second-order valence-electron chi connectivity index (χ2n) is 8.09. The first-order chi connectivity index (χ1) is 14.8. The van der Waals surface area contributed by atoms with Gasteiger partial charge in [-0.2, -0.15) is 0 Å². The van der Waals surface area contributed by atoms with Crippen molar-refractivity contribution in [3.05, 3.63) is 47.5 Å². The Hall–Kier alpha value is -2.29. The van der Waals surface area contributed by atoms with E-state index in [9.17, 15) is 0 Å². The number of hydrogen-bond donors (Lipinski definition) is 0. The molecular weight excluding hydrogens is 382 g/mol. The van der Waals surface area contributed by atoms with Crippen molar-refractivity contribution in [1.82, 2.24) is 0 Å². The molecule has 1 aliphatic rings. The predicted molar refractivity (Wildman–Crippen MR) is 132 cm³/mol. The third-order valence-electron chi connectivity index (χ3n) is 5.79. The third-order valence-corrected chi connectivity index (χ3v) is 6.88. The molecule has 0 fully saturated rings. The molecule has 0 N–H and O–H groups in total. The van der Waals surface area contributed by atoms with Gasteiger partial charge in [0, 0.05) is 27.5 Å². The molecule has 3 rings (SSSR count). The lowest BCUT2D eigenvalue weighted by Crippen LogP contribution is -2.22. The number of nitrogens with zero attached hydrogens (tertiary/aromatic N) is 1. The van der Waals surface area contributed by atoms with Gasteiger partial charge in [-0.25, -0.2) is 0 Å². The van der Waals surface area contributed by atoms with Crippen molar-refractivity contribution in [2.24, 2.45) is 0 Å². The minimum absolute atomic E-state index is 0.927. The molecule has 0 saturated carbocycles. The van der Waals surface area contributed by atoms with Gasteiger partial charge in [0.2, 0.25) is 0 Å². The summed E-state index contributed by atoms with van der Waals surface area (Å²) >= 11 is 1.77. The molecule has 1 nitrogen and oxygen atoms in total. The fraction of sp³-hybridized carbons (Fsp3) is 0.429. The maximum Gasteiger partial charge on any atom is 0.0553 e. The van der Waals surface area contributed by atoms with Gasteiger partial charge >= 0.3 is 0 Å². The zero-order valence-electron chi connectivity index (χ0n) is 18.3. The summed E-state index contributed by atoms with van der Waals surface area (Å²) in [5.41, 5.74) is 4.38. The second-order valence-corrected chi connectivity index (χ2v) is 9.17. The van der Waals surface area contributed by atoms with E-state index in [0.29, 0.717) is 0 Å². The summed E-state index contributed by atoms with van der Waals surface area (Å²) in [6, 6.07) is 12.7. The van der Waals surface area contributed by atoms with Crippen molar-refractivity contribution in [1.29, 1.82) is 0 Å². The highest BCUT2D eigenvalue weighted by Crippen LogP contribution is 2.48. The van der Waals surface area contributed by atoms with E-state index >= 15 is 0 Å². The third kappa shape index (κ3) is 5.87. The molecule has 0 bridgehead atoms. The number of fused-ring (bicyclic) bond motifs is 2. The van der Waals surface area contributed by atoms with Gasteiger partial charge in [0.25, 0.3) is 0 Å². The van der Waals surface area contributed by atoms with Gasteiger partial charge in [-0.1, -0.05) is 88.3 Å². The summed E-state index contributed by atoms with van der Waals surface area (Å²) in [6.45, 7) is 3.31. The lowest BCUT2D eigenvalue weighted by Gasteiger charge is -2.33. The van der Waals surface area contributed by atoms with Crippen LogP contribution in [0, 0.1) is 24.7 Å². The number of unbranched alkanes of at least 4 members (excludes halogenated alkanes) is 9. The van der Waals surface area contributed by atoms with E-state index in [1.54, 1.807) is 11.8 Å². The van der Waals surface area contributed by atoms with Crippen LogP contribution in [0.2, 0.25) is 0 Å². The summed E-state index contributed by atoms with van der Waals surface area (Å²) in [5.74, 6) is 5.52. The quantitative estimate of drug-likeness (QED) is 0.269. The van der Waals surface area contributed by atoms with Gasteiger partial charge < -0.3 is 4.90 Å². The van der Waals surface area contributed by atoms with E-state index in [4.69, 9.17) is 12.8 Å². The van der Waals surface area contributed by atoms with E-state index in [0.717, 1.165) is 17.7 Å². The Labute approximate surface area is 187 Å². The number of rotatable bonds is 11. The molecule has 0 aromatic heterocycles. The summed E-state index contributed by atoms with van der Waals surface area (Å²) in [7, 11) is 0. The van der Waals surface area contributed by atoms with E-state index in [-0.39, 0.29) is 0 Å². The predicted octanol–water partition coefficient (Wildman–Crippen LogP) is 8.17. The molecule has 1 aliphatic heterocycles. The molecule has 0 spiro atoms. The van der Waals surface area contributed by atoms with Crippen LogP contribution in [-0.2, 0) is 0 Å². The van der Waals surface area contributed by atoms with Gasteiger partial charge in [-0.3, -0.25) is 0 Å². The smallest absolute Gasteiger partial charge is 0.0553 e. The second kappa shape index (κ2) is 11.8. The summed E-state index contributed by atoms with van der Waals surface area (Å²) in [4.78, 5) is 4.89. The topological polar surface area (TPSA) is 3.24 Å². The molecule has 0 radical (unpaired) electrons. The van der Waals surface area contributed by atoms with Gasteiger partial charge in [0.1, 0.15) is 0 Å². The summed E-state index contributed by atoms with van der Waals surface area (Å²) < 4.78 is 0. The molecule has 1 heterocycles. The maximum atomic E-state index is 5.63. The normalized spacial score (nSPS) is 12.0. The zero-order chi connectivity index (χ0) is 21.2. The average Bonchev–Trinajstić information content (AvgIpc) is 2.78. The standard InChI is InChI=1S/C28H33NS/c1-4-7-8-9-10-11-12-13-14-15-20-29-25-18-16-23(5-2)21-27(25)30-28-22-24(6-3)17-19-26(28)29/h2-3,16-19,21-22H,4,7-15,20H2,1H3. The van der Waals surface area contributed by atoms with Gasteiger partial charge in [-0.05, 0) is 42.8 Å². The largest absolute Gasteiger partial charge is 0.340 e. The molecule has 2 aromatic rings. The Balaban J connectivity index is 1.58. The van der Waals surface area contributed by atoms with Crippen LogP contribution in [0.15, 0.2) is 46.2 Å². The molecule has 0 amide bonds. The molecular formula is C28H33NS. The number of benzene rings is 2. The average molecular weight is 416 g/mol. The highest BCUT2D eigenvalue weighted by atomic mass is 32.2. The highest BCUT2D eigenvalue weighted by molar-refractivity contribution is 7.99. The van der Waals surface area contributed by atoms with E-state index in [2.05, 4.69) is 47.9 Å². The number of anilines is 2. The van der Waals surface area contributed by atoms with Crippen LogP contribution in [0.25, 0.3) is 0 Å². The van der Waals surface area contributed by atoms with E-state index in [1.165, 1.54) is 85.4 Å². The molecule has 0 atom stereocenters. The first-order valence-corrected chi connectivity index (χ1v) is 12.2. The summed E-state index contributed by atoms with van der Waals surface area (Å²) in [5, 5.41) is 0. The van der Waals surface area contributed by atoms with Crippen molar-refractivity contribution in [3.63, 3.8) is 0 Å². The van der Waals surface area contributed by atoms with Crippen LogP contribution < -0.4 is 4.90 Å². The van der Waals surface area contributed by atoms with Crippen molar-refractivity contribution < 1.29 is 0 Å². The van der Waals surface area contributed by atoms with Gasteiger partial charge in [0.05, 0.1) is 11.4 Å². The van der Waals surface area contributed by atoms with Crippen molar-refractivity contribution in [3.8, 4) is 24.7 Å². The molecule has 0 saturated heterocycles. The van der Waals surface area contributed by atoms with Crippen LogP contribution >= 0.6 is 11.8 Å². The molecule has 0 unspecified atom stereocenters.